The molecule has 2 rings (SSSR count). The zero-order valence-corrected chi connectivity index (χ0v) is 18.0. The Balaban J connectivity index is 0.00000312. The third-order valence-electron chi connectivity index (χ3n) is 4.24. The van der Waals surface area contributed by atoms with E-state index in [-0.39, 0.29) is 24.0 Å². The van der Waals surface area contributed by atoms with E-state index in [0.29, 0.717) is 18.1 Å². The maximum absolute atomic E-state index is 5.67. The predicted molar refractivity (Wildman–Crippen MR) is 117 cm³/mol. The van der Waals surface area contributed by atoms with Gasteiger partial charge in [-0.15, -0.1) is 24.0 Å². The van der Waals surface area contributed by atoms with Gasteiger partial charge >= 0.3 is 0 Å². The van der Waals surface area contributed by atoms with Crippen LogP contribution in [0.4, 0.5) is 5.69 Å². The molecule has 0 spiro atoms. The minimum absolute atomic E-state index is 0. The molecule has 6 heteroatoms. The Morgan fingerprint density at radius 3 is 2.60 bits per heavy atom. The third kappa shape index (κ3) is 8.27. The van der Waals surface area contributed by atoms with Crippen molar-refractivity contribution in [1.82, 2.24) is 10.6 Å². The lowest BCUT2D eigenvalue weighted by Crippen LogP contribution is -2.42. The molecule has 0 amide bonds. The Kier molecular flexibility index (Phi) is 10.9. The first-order valence-electron chi connectivity index (χ1n) is 9.14. The maximum Gasteiger partial charge on any atom is 0.191 e. The van der Waals surface area contributed by atoms with Gasteiger partial charge in [-0.1, -0.05) is 32.0 Å². The van der Waals surface area contributed by atoms with Gasteiger partial charge in [0, 0.05) is 31.4 Å². The standard InChI is InChI=1S/C19H32N4O.HI/c1-4-20-19(21-13-17-11-8-12-24-17)22-14-18(15(2)3)23-16-9-6-5-7-10-16;/h5-7,9-10,15,17-18,23H,4,8,11-14H2,1-3H3,(H2,20,21,22);1H. The van der Waals surface area contributed by atoms with Crippen molar-refractivity contribution in [2.45, 2.75) is 45.8 Å². The van der Waals surface area contributed by atoms with E-state index >= 15 is 0 Å². The average molecular weight is 460 g/mol. The number of para-hydroxylation sites is 1. The molecule has 0 bridgehead atoms. The van der Waals surface area contributed by atoms with Crippen LogP contribution in [0.1, 0.15) is 33.6 Å². The van der Waals surface area contributed by atoms with Gasteiger partial charge in [0.15, 0.2) is 5.96 Å². The molecule has 2 unspecified atom stereocenters. The highest BCUT2D eigenvalue weighted by molar-refractivity contribution is 14.0. The van der Waals surface area contributed by atoms with Crippen LogP contribution in [0.5, 0.6) is 0 Å². The fraction of sp³-hybridized carbons (Fsp3) is 0.632. The quantitative estimate of drug-likeness (QED) is 0.316. The van der Waals surface area contributed by atoms with Crippen molar-refractivity contribution in [2.24, 2.45) is 10.9 Å². The Hall–Kier alpha value is -1.02. The molecule has 5 nitrogen and oxygen atoms in total. The number of anilines is 1. The molecule has 0 saturated carbocycles. The number of rotatable bonds is 8. The van der Waals surface area contributed by atoms with Gasteiger partial charge in [-0.3, -0.25) is 4.99 Å². The molecular weight excluding hydrogens is 427 g/mol. The molecule has 2 atom stereocenters. The third-order valence-corrected chi connectivity index (χ3v) is 4.24. The number of ether oxygens (including phenoxy) is 1. The molecule has 1 aromatic rings. The van der Waals surface area contributed by atoms with Crippen LogP contribution in [0.25, 0.3) is 0 Å². The number of hydrogen-bond donors (Lipinski definition) is 3. The SMILES string of the molecule is CCNC(=NCC(Nc1ccccc1)C(C)C)NCC1CCCO1.I. The number of nitrogens with zero attached hydrogens (tertiary/aromatic N) is 1. The van der Waals surface area contributed by atoms with E-state index in [1.807, 2.05) is 6.07 Å². The summed E-state index contributed by atoms with van der Waals surface area (Å²) in [5, 5.41) is 10.3. The van der Waals surface area contributed by atoms with Crippen LogP contribution in [-0.2, 0) is 4.74 Å². The number of benzene rings is 1. The average Bonchev–Trinajstić information content (AvgIpc) is 3.10. The number of hydrogen-bond acceptors (Lipinski definition) is 3. The molecule has 142 valence electrons. The van der Waals surface area contributed by atoms with Crippen molar-refractivity contribution >= 4 is 35.6 Å². The van der Waals surface area contributed by atoms with E-state index in [1.165, 1.54) is 0 Å². The van der Waals surface area contributed by atoms with E-state index in [1.54, 1.807) is 0 Å². The molecule has 3 N–H and O–H groups in total. The van der Waals surface area contributed by atoms with Crippen LogP contribution in [0, 0.1) is 5.92 Å². The van der Waals surface area contributed by atoms with Crippen molar-refractivity contribution in [3.63, 3.8) is 0 Å². The van der Waals surface area contributed by atoms with Crippen LogP contribution in [0.3, 0.4) is 0 Å². The van der Waals surface area contributed by atoms with Gasteiger partial charge in [0.25, 0.3) is 0 Å². The van der Waals surface area contributed by atoms with Crippen LogP contribution in [0.15, 0.2) is 35.3 Å². The highest BCUT2D eigenvalue weighted by Gasteiger charge is 2.16. The second-order valence-electron chi connectivity index (χ2n) is 6.60. The summed E-state index contributed by atoms with van der Waals surface area (Å²) in [6.07, 6.45) is 2.62. The van der Waals surface area contributed by atoms with Crippen LogP contribution < -0.4 is 16.0 Å². The van der Waals surface area contributed by atoms with Gasteiger partial charge < -0.3 is 20.7 Å². The van der Waals surface area contributed by atoms with Crippen LogP contribution >= 0.6 is 24.0 Å². The minimum atomic E-state index is 0. The van der Waals surface area contributed by atoms with Crippen LogP contribution in [-0.4, -0.2) is 44.3 Å². The lowest BCUT2D eigenvalue weighted by Gasteiger charge is -2.23. The van der Waals surface area contributed by atoms with Gasteiger partial charge in [-0.2, -0.15) is 0 Å². The Labute approximate surface area is 169 Å². The van der Waals surface area contributed by atoms with Crippen molar-refractivity contribution < 1.29 is 4.74 Å². The van der Waals surface area contributed by atoms with Gasteiger partial charge in [0.2, 0.25) is 0 Å². The first kappa shape index (κ1) is 22.0. The summed E-state index contributed by atoms with van der Waals surface area (Å²) in [7, 11) is 0. The molecule has 1 fully saturated rings. The molecule has 0 radical (unpaired) electrons. The molecule has 1 heterocycles. The molecule has 1 aliphatic rings. The van der Waals surface area contributed by atoms with Crippen molar-refractivity contribution in [3.05, 3.63) is 30.3 Å². The fourth-order valence-corrected chi connectivity index (χ4v) is 2.72. The maximum atomic E-state index is 5.67. The summed E-state index contributed by atoms with van der Waals surface area (Å²) in [5.41, 5.74) is 1.14. The number of nitrogens with one attached hydrogen (secondary N) is 3. The largest absolute Gasteiger partial charge is 0.380 e. The second-order valence-corrected chi connectivity index (χ2v) is 6.60. The van der Waals surface area contributed by atoms with E-state index in [9.17, 15) is 0 Å². The Morgan fingerprint density at radius 2 is 2.00 bits per heavy atom. The smallest absolute Gasteiger partial charge is 0.191 e. The first-order valence-corrected chi connectivity index (χ1v) is 9.14. The summed E-state index contributed by atoms with van der Waals surface area (Å²) in [6, 6.07) is 10.6. The topological polar surface area (TPSA) is 57.7 Å². The number of aliphatic imine (C=N–C) groups is 1. The monoisotopic (exact) mass is 460 g/mol. The lowest BCUT2D eigenvalue weighted by molar-refractivity contribution is 0.114. The highest BCUT2D eigenvalue weighted by Crippen LogP contribution is 2.13. The van der Waals surface area contributed by atoms with Gasteiger partial charge in [0.1, 0.15) is 0 Å². The molecular formula is C19H33IN4O. The molecule has 0 aliphatic carbocycles. The Bertz CT molecular complexity index is 489. The predicted octanol–water partition coefficient (Wildman–Crippen LogP) is 3.48. The molecule has 0 aromatic heterocycles. The summed E-state index contributed by atoms with van der Waals surface area (Å²) in [5.74, 6) is 1.36. The van der Waals surface area contributed by atoms with Crippen molar-refractivity contribution in [1.29, 1.82) is 0 Å². The summed E-state index contributed by atoms with van der Waals surface area (Å²) in [4.78, 5) is 4.77. The lowest BCUT2D eigenvalue weighted by atomic mass is 10.0. The number of guanidine groups is 1. The first-order chi connectivity index (χ1) is 11.7. The summed E-state index contributed by atoms with van der Waals surface area (Å²) in [6.45, 7) is 9.83. The second kappa shape index (κ2) is 12.4. The van der Waals surface area contributed by atoms with E-state index < -0.39 is 0 Å². The van der Waals surface area contributed by atoms with Gasteiger partial charge in [0.05, 0.1) is 12.6 Å². The van der Waals surface area contributed by atoms with Crippen molar-refractivity contribution in [2.75, 3.05) is 31.6 Å². The highest BCUT2D eigenvalue weighted by atomic mass is 127. The minimum Gasteiger partial charge on any atom is -0.380 e. The van der Waals surface area contributed by atoms with Gasteiger partial charge in [-0.25, -0.2) is 0 Å². The van der Waals surface area contributed by atoms with E-state index in [0.717, 1.165) is 50.7 Å². The summed E-state index contributed by atoms with van der Waals surface area (Å²) < 4.78 is 5.67. The zero-order chi connectivity index (χ0) is 17.2. The molecule has 25 heavy (non-hydrogen) atoms. The molecule has 1 aliphatic heterocycles. The zero-order valence-electron chi connectivity index (χ0n) is 15.6. The normalized spacial score (nSPS) is 18.6. The van der Waals surface area contributed by atoms with Gasteiger partial charge in [-0.05, 0) is 37.8 Å². The molecule has 1 saturated heterocycles. The number of halogens is 1. The van der Waals surface area contributed by atoms with Crippen LogP contribution in [0.2, 0.25) is 0 Å². The van der Waals surface area contributed by atoms with E-state index in [2.05, 4.69) is 61.0 Å². The molecule has 1 aromatic carbocycles. The Morgan fingerprint density at radius 1 is 1.24 bits per heavy atom. The van der Waals surface area contributed by atoms with Crippen molar-refractivity contribution in [3.8, 4) is 0 Å². The van der Waals surface area contributed by atoms with E-state index in [4.69, 9.17) is 9.73 Å². The fourth-order valence-electron chi connectivity index (χ4n) is 2.72. The summed E-state index contributed by atoms with van der Waals surface area (Å²) >= 11 is 0.